The summed E-state index contributed by atoms with van der Waals surface area (Å²) in [6.45, 7) is 0. The molecule has 0 N–H and O–H groups in total. The average molecular weight is 500 g/mol. The summed E-state index contributed by atoms with van der Waals surface area (Å²) in [4.78, 5) is 0. The molecule has 182 valence electrons. The van der Waals surface area contributed by atoms with Crippen LogP contribution in [-0.4, -0.2) is 4.57 Å². The van der Waals surface area contributed by atoms with E-state index in [-0.39, 0.29) is 0 Å². The summed E-state index contributed by atoms with van der Waals surface area (Å²) >= 11 is 0. The maximum atomic E-state index is 6.78. The van der Waals surface area contributed by atoms with Gasteiger partial charge in [-0.3, -0.25) is 0 Å². The van der Waals surface area contributed by atoms with Crippen LogP contribution in [0.4, 0.5) is 0 Å². The van der Waals surface area contributed by atoms with Gasteiger partial charge in [0.15, 0.2) is 5.58 Å². The quantitative estimate of drug-likeness (QED) is 0.237. The second-order valence-electron chi connectivity index (χ2n) is 10.1. The Morgan fingerprint density at radius 2 is 1.10 bits per heavy atom. The molecule has 0 aliphatic rings. The summed E-state index contributed by atoms with van der Waals surface area (Å²) < 4.78 is 15.6. The van der Waals surface area contributed by atoms with Crippen molar-refractivity contribution < 1.29 is 8.83 Å². The fourth-order valence-corrected chi connectivity index (χ4v) is 6.32. The molecule has 9 rings (SSSR count). The first-order valence-electron chi connectivity index (χ1n) is 13.2. The first-order chi connectivity index (χ1) is 19.4. The molecule has 0 saturated heterocycles. The lowest BCUT2D eigenvalue weighted by Gasteiger charge is -2.08. The van der Waals surface area contributed by atoms with Gasteiger partial charge in [0.2, 0.25) is 0 Å². The van der Waals surface area contributed by atoms with E-state index >= 15 is 0 Å². The molecule has 3 nitrogen and oxygen atoms in total. The second kappa shape index (κ2) is 7.62. The Balaban J connectivity index is 1.42. The van der Waals surface area contributed by atoms with Crippen LogP contribution in [0.15, 0.2) is 136 Å². The lowest BCUT2D eigenvalue weighted by molar-refractivity contribution is 0.667. The minimum atomic E-state index is 0.878. The Morgan fingerprint density at radius 1 is 0.410 bits per heavy atom. The molecule has 3 heterocycles. The van der Waals surface area contributed by atoms with E-state index in [1.807, 2.05) is 18.2 Å². The van der Waals surface area contributed by atoms with E-state index in [9.17, 15) is 0 Å². The minimum Gasteiger partial charge on any atom is -0.455 e. The van der Waals surface area contributed by atoms with E-state index in [1.54, 1.807) is 0 Å². The van der Waals surface area contributed by atoms with Crippen LogP contribution in [0.1, 0.15) is 0 Å². The smallest absolute Gasteiger partial charge is 0.159 e. The van der Waals surface area contributed by atoms with E-state index in [2.05, 4.69) is 114 Å². The van der Waals surface area contributed by atoms with Gasteiger partial charge in [0.25, 0.3) is 0 Å². The molecule has 0 aliphatic heterocycles. The Kier molecular flexibility index (Phi) is 4.05. The molecule has 0 radical (unpaired) electrons. The third-order valence-corrected chi connectivity index (χ3v) is 8.01. The number of nitrogens with zero attached hydrogens (tertiary/aromatic N) is 1. The molecule has 0 fully saturated rings. The van der Waals surface area contributed by atoms with Crippen molar-refractivity contribution >= 4 is 65.7 Å². The molecule has 0 spiro atoms. The van der Waals surface area contributed by atoms with Crippen molar-refractivity contribution in [2.45, 2.75) is 0 Å². The molecule has 0 aliphatic carbocycles. The van der Waals surface area contributed by atoms with Gasteiger partial charge in [-0.05, 0) is 35.9 Å². The highest BCUT2D eigenvalue weighted by Gasteiger charge is 2.21. The van der Waals surface area contributed by atoms with Crippen molar-refractivity contribution in [2.24, 2.45) is 0 Å². The molecule has 0 saturated carbocycles. The van der Waals surface area contributed by atoms with Gasteiger partial charge in [0.05, 0.1) is 22.1 Å². The third-order valence-electron chi connectivity index (χ3n) is 8.01. The number of benzene rings is 6. The highest BCUT2D eigenvalue weighted by Crippen LogP contribution is 2.43. The molecule has 6 aromatic carbocycles. The summed E-state index contributed by atoms with van der Waals surface area (Å²) in [6.07, 6.45) is 0. The zero-order valence-electron chi connectivity index (χ0n) is 20.9. The summed E-state index contributed by atoms with van der Waals surface area (Å²) in [5, 5.41) is 6.78. The Labute approximate surface area is 223 Å². The lowest BCUT2D eigenvalue weighted by Crippen LogP contribution is -1.94. The first-order valence-corrected chi connectivity index (χ1v) is 13.2. The van der Waals surface area contributed by atoms with E-state index < -0.39 is 0 Å². The molecule has 3 heteroatoms. The number of fused-ring (bicyclic) bond motifs is 10. The predicted octanol–water partition coefficient (Wildman–Crippen LogP) is 10.2. The molecule has 3 aromatic heterocycles. The van der Waals surface area contributed by atoms with Crippen molar-refractivity contribution in [3.05, 3.63) is 127 Å². The van der Waals surface area contributed by atoms with Crippen LogP contribution >= 0.6 is 0 Å². The molecule has 0 bridgehead atoms. The average Bonchev–Trinajstić information content (AvgIpc) is 3.67. The van der Waals surface area contributed by atoms with Crippen LogP contribution in [0.5, 0.6) is 0 Å². The monoisotopic (exact) mass is 499 g/mol. The highest BCUT2D eigenvalue weighted by atomic mass is 16.3. The van der Waals surface area contributed by atoms with Crippen molar-refractivity contribution in [2.75, 3.05) is 0 Å². The lowest BCUT2D eigenvalue weighted by atomic mass is 10.0. The standard InChI is InChI=1S/C36H21NO2/c1-2-10-22(11-3-1)23-14-8-15-25-26-16-9-18-31(35(26)39-34(23)25)37-29-17-6-4-13-28(29)33-30(37)21-20-27-24-12-5-7-19-32(24)38-36(27)33/h1-21H. The normalized spacial score (nSPS) is 12.1. The largest absolute Gasteiger partial charge is 0.455 e. The zero-order valence-corrected chi connectivity index (χ0v) is 20.9. The highest BCUT2D eigenvalue weighted by molar-refractivity contribution is 6.24. The maximum absolute atomic E-state index is 6.78. The molecule has 0 atom stereocenters. The Morgan fingerprint density at radius 3 is 2.00 bits per heavy atom. The van der Waals surface area contributed by atoms with Crippen LogP contribution in [0.25, 0.3) is 82.5 Å². The van der Waals surface area contributed by atoms with Gasteiger partial charge in [-0.15, -0.1) is 0 Å². The summed E-state index contributed by atoms with van der Waals surface area (Å²) in [7, 11) is 0. The maximum Gasteiger partial charge on any atom is 0.159 e. The van der Waals surface area contributed by atoms with Crippen LogP contribution in [0, 0.1) is 0 Å². The number of para-hydroxylation sites is 4. The van der Waals surface area contributed by atoms with Crippen LogP contribution in [0.2, 0.25) is 0 Å². The van der Waals surface area contributed by atoms with Crippen LogP contribution in [-0.2, 0) is 0 Å². The number of hydrogen-bond donors (Lipinski definition) is 0. The van der Waals surface area contributed by atoms with E-state index in [4.69, 9.17) is 8.83 Å². The van der Waals surface area contributed by atoms with Crippen molar-refractivity contribution in [1.82, 2.24) is 4.57 Å². The van der Waals surface area contributed by atoms with Crippen LogP contribution < -0.4 is 0 Å². The molecule has 0 amide bonds. The molecular formula is C36H21NO2. The second-order valence-corrected chi connectivity index (χ2v) is 10.1. The van der Waals surface area contributed by atoms with Gasteiger partial charge in [-0.25, -0.2) is 0 Å². The van der Waals surface area contributed by atoms with Gasteiger partial charge >= 0.3 is 0 Å². The Bertz CT molecular complexity index is 2390. The number of aromatic nitrogens is 1. The first kappa shape index (κ1) is 20.7. The predicted molar refractivity (Wildman–Crippen MR) is 161 cm³/mol. The van der Waals surface area contributed by atoms with Crippen molar-refractivity contribution in [3.8, 4) is 16.8 Å². The molecule has 9 aromatic rings. The molecular weight excluding hydrogens is 478 g/mol. The Hall–Kier alpha value is -5.28. The fraction of sp³-hybridized carbons (Fsp3) is 0. The van der Waals surface area contributed by atoms with E-state index in [1.165, 1.54) is 0 Å². The fourth-order valence-electron chi connectivity index (χ4n) is 6.32. The number of hydrogen-bond acceptors (Lipinski definition) is 2. The van der Waals surface area contributed by atoms with Gasteiger partial charge in [0.1, 0.15) is 16.7 Å². The molecule has 39 heavy (non-hydrogen) atoms. The third kappa shape index (κ3) is 2.76. The van der Waals surface area contributed by atoms with Crippen molar-refractivity contribution in [3.63, 3.8) is 0 Å². The van der Waals surface area contributed by atoms with Gasteiger partial charge < -0.3 is 13.4 Å². The topological polar surface area (TPSA) is 31.2 Å². The summed E-state index contributed by atoms with van der Waals surface area (Å²) in [5.74, 6) is 0. The SMILES string of the molecule is c1ccc(-c2cccc3c2oc2c(-n4c5ccccc5c5c6oc7ccccc7c6ccc54)cccc23)cc1. The van der Waals surface area contributed by atoms with E-state index in [0.717, 1.165) is 82.5 Å². The minimum absolute atomic E-state index is 0.878. The van der Waals surface area contributed by atoms with Crippen molar-refractivity contribution in [1.29, 1.82) is 0 Å². The number of furan rings is 2. The number of rotatable bonds is 2. The summed E-state index contributed by atoms with van der Waals surface area (Å²) in [6, 6.07) is 44.5. The summed E-state index contributed by atoms with van der Waals surface area (Å²) in [5.41, 5.74) is 9.10. The zero-order chi connectivity index (χ0) is 25.5. The van der Waals surface area contributed by atoms with E-state index in [0.29, 0.717) is 0 Å². The van der Waals surface area contributed by atoms with Crippen LogP contribution in [0.3, 0.4) is 0 Å². The molecule has 0 unspecified atom stereocenters. The van der Waals surface area contributed by atoms with Gasteiger partial charge in [-0.1, -0.05) is 97.1 Å². The van der Waals surface area contributed by atoms with Gasteiger partial charge in [0, 0.05) is 32.5 Å². The van der Waals surface area contributed by atoms with Gasteiger partial charge in [-0.2, -0.15) is 0 Å².